The molecule has 0 aliphatic rings. The minimum Gasteiger partial charge on any atom is -0.505 e. The minimum absolute atomic E-state index is 0.0470. The van der Waals surface area contributed by atoms with Crippen LogP contribution in [0, 0.1) is 10.1 Å². The fourth-order valence-electron chi connectivity index (χ4n) is 4.09. The summed E-state index contributed by atoms with van der Waals surface area (Å²) in [6.07, 6.45) is 0. The third-order valence-corrected chi connectivity index (χ3v) is 7.82. The lowest BCUT2D eigenvalue weighted by atomic mass is 10.1. The van der Waals surface area contributed by atoms with E-state index in [2.05, 4.69) is 20.5 Å². The fourth-order valence-corrected chi connectivity index (χ4v) is 5.32. The van der Waals surface area contributed by atoms with Crippen LogP contribution in [0.2, 0.25) is 0 Å². The van der Waals surface area contributed by atoms with E-state index in [1.165, 1.54) is 60.7 Å². The number of non-ortho nitro benzene ring substituents is 1. The highest BCUT2D eigenvalue weighted by atomic mass is 32.2. The van der Waals surface area contributed by atoms with Crippen molar-refractivity contribution in [3.05, 3.63) is 95.0 Å². The maximum Gasteiger partial charge on any atom is 0.295 e. The van der Waals surface area contributed by atoms with E-state index in [0.717, 1.165) is 18.2 Å². The first-order valence-electron chi connectivity index (χ1n) is 11.7. The van der Waals surface area contributed by atoms with Crippen molar-refractivity contribution in [2.24, 2.45) is 20.5 Å². The minimum atomic E-state index is -4.71. The molecule has 5 aromatic carbocycles. The Morgan fingerprint density at radius 1 is 0.619 bits per heavy atom. The Labute approximate surface area is 237 Å². The van der Waals surface area contributed by atoms with Gasteiger partial charge in [-0.15, -0.1) is 15.3 Å². The smallest absolute Gasteiger partial charge is 0.295 e. The Hall–Kier alpha value is -5.16. The summed E-state index contributed by atoms with van der Waals surface area (Å²) in [5.41, 5.74) is 0.154. The molecule has 14 nitrogen and oxygen atoms in total. The van der Waals surface area contributed by atoms with E-state index in [1.54, 1.807) is 6.07 Å². The number of phenols is 1. The average Bonchev–Trinajstić information content (AvgIpc) is 2.95. The highest BCUT2D eigenvalue weighted by molar-refractivity contribution is 7.86. The number of nitro groups is 1. The van der Waals surface area contributed by atoms with Gasteiger partial charge in [0.1, 0.15) is 10.6 Å². The molecule has 0 unspecified atom stereocenters. The molecule has 0 radical (unpaired) electrons. The van der Waals surface area contributed by atoms with Gasteiger partial charge in [0, 0.05) is 33.7 Å². The molecule has 0 fully saturated rings. The van der Waals surface area contributed by atoms with Gasteiger partial charge in [0.25, 0.3) is 25.9 Å². The fraction of sp³-hybridized carbons (Fsp3) is 0. The van der Waals surface area contributed by atoms with Crippen molar-refractivity contribution in [1.29, 1.82) is 0 Å². The topological polar surface area (TPSA) is 222 Å². The molecule has 0 aliphatic heterocycles. The van der Waals surface area contributed by atoms with E-state index >= 15 is 0 Å². The number of hydrogen-bond acceptors (Lipinski definition) is 11. The largest absolute Gasteiger partial charge is 0.505 e. The van der Waals surface area contributed by atoms with Crippen LogP contribution in [0.25, 0.3) is 21.5 Å². The van der Waals surface area contributed by atoms with Gasteiger partial charge < -0.3 is 5.11 Å². The summed E-state index contributed by atoms with van der Waals surface area (Å²) in [4.78, 5) is 9.34. The normalized spacial score (nSPS) is 12.5. The van der Waals surface area contributed by atoms with Crippen LogP contribution in [0.1, 0.15) is 0 Å². The van der Waals surface area contributed by atoms with E-state index in [1.807, 2.05) is 0 Å². The first kappa shape index (κ1) is 28.4. The number of azo groups is 2. The molecule has 0 atom stereocenters. The number of fused-ring (bicyclic) bond motifs is 2. The lowest BCUT2D eigenvalue weighted by molar-refractivity contribution is -0.384. The molecule has 5 aromatic rings. The number of nitro benzene ring substituents is 1. The summed E-state index contributed by atoms with van der Waals surface area (Å²) in [6.45, 7) is 0. The lowest BCUT2D eigenvalue weighted by Gasteiger charge is -2.09. The van der Waals surface area contributed by atoms with Crippen molar-refractivity contribution >= 4 is 70.2 Å². The van der Waals surface area contributed by atoms with Crippen LogP contribution in [-0.2, 0) is 20.2 Å². The Kier molecular flexibility index (Phi) is 7.21. The van der Waals surface area contributed by atoms with Crippen molar-refractivity contribution in [3.63, 3.8) is 0 Å². The van der Waals surface area contributed by atoms with Gasteiger partial charge in [-0.2, -0.15) is 21.9 Å². The summed E-state index contributed by atoms with van der Waals surface area (Å²) in [5.74, 6) is -0.418. The SMILES string of the molecule is O=[N+]([O-])c1ccc(N=Nc2ccc(N=Nc3cc(S(=O)(=O)O)c4ccccc4c3O)c3cc(S(=O)(=O)O)ccc23)cc1. The van der Waals surface area contributed by atoms with Crippen LogP contribution in [0.4, 0.5) is 28.4 Å². The maximum absolute atomic E-state index is 12.0. The van der Waals surface area contributed by atoms with E-state index in [0.29, 0.717) is 11.1 Å². The molecule has 0 saturated heterocycles. The number of aromatic hydroxyl groups is 1. The molecule has 0 bridgehead atoms. The Morgan fingerprint density at radius 2 is 1.21 bits per heavy atom. The first-order chi connectivity index (χ1) is 19.8. The second-order valence-electron chi connectivity index (χ2n) is 8.72. The monoisotopic (exact) mass is 607 g/mol. The molecule has 0 saturated carbocycles. The summed E-state index contributed by atoms with van der Waals surface area (Å²) in [7, 11) is -9.34. The van der Waals surface area contributed by atoms with Gasteiger partial charge in [0.15, 0.2) is 5.75 Å². The van der Waals surface area contributed by atoms with E-state index in [9.17, 15) is 41.2 Å². The van der Waals surface area contributed by atoms with Crippen molar-refractivity contribution in [2.75, 3.05) is 0 Å². The van der Waals surface area contributed by atoms with Crippen LogP contribution in [-0.4, -0.2) is 36.0 Å². The molecule has 5 rings (SSSR count). The molecule has 0 amide bonds. The molecule has 0 aliphatic carbocycles. The third kappa shape index (κ3) is 5.68. The molecular formula is C26H17N5O9S2. The third-order valence-electron chi connectivity index (χ3n) is 6.08. The van der Waals surface area contributed by atoms with Crippen LogP contribution < -0.4 is 0 Å². The second-order valence-corrected chi connectivity index (χ2v) is 11.5. The molecule has 0 aromatic heterocycles. The zero-order chi connectivity index (χ0) is 30.2. The number of nitrogens with zero attached hydrogens (tertiary/aromatic N) is 5. The van der Waals surface area contributed by atoms with Crippen molar-refractivity contribution in [2.45, 2.75) is 9.79 Å². The van der Waals surface area contributed by atoms with Crippen LogP contribution in [0.15, 0.2) is 115 Å². The van der Waals surface area contributed by atoms with Crippen molar-refractivity contribution < 1.29 is 36.0 Å². The number of hydrogen-bond donors (Lipinski definition) is 3. The van der Waals surface area contributed by atoms with Crippen LogP contribution in [0.5, 0.6) is 5.75 Å². The Bertz CT molecular complexity index is 2180. The predicted octanol–water partition coefficient (Wildman–Crippen LogP) is 6.93. The Balaban J connectivity index is 1.63. The second kappa shape index (κ2) is 10.7. The van der Waals surface area contributed by atoms with E-state index < -0.39 is 40.7 Å². The predicted molar refractivity (Wildman–Crippen MR) is 151 cm³/mol. The summed E-state index contributed by atoms with van der Waals surface area (Å²) >= 11 is 0. The van der Waals surface area contributed by atoms with Gasteiger partial charge in [-0.25, -0.2) is 0 Å². The van der Waals surface area contributed by atoms with Crippen molar-refractivity contribution in [3.8, 4) is 5.75 Å². The van der Waals surface area contributed by atoms with E-state index in [-0.39, 0.29) is 38.9 Å². The van der Waals surface area contributed by atoms with Gasteiger partial charge in [0.05, 0.1) is 26.9 Å². The molecule has 0 spiro atoms. The van der Waals surface area contributed by atoms with Crippen LogP contribution >= 0.6 is 0 Å². The molecule has 42 heavy (non-hydrogen) atoms. The summed E-state index contributed by atoms with van der Waals surface area (Å²) in [6, 6.07) is 18.6. The van der Waals surface area contributed by atoms with Crippen LogP contribution in [0.3, 0.4) is 0 Å². The van der Waals surface area contributed by atoms with Gasteiger partial charge in [-0.3, -0.25) is 19.2 Å². The number of rotatable bonds is 7. The number of benzene rings is 5. The number of phenolic OH excluding ortho intramolecular Hbond substituents is 1. The van der Waals surface area contributed by atoms with Gasteiger partial charge in [0.2, 0.25) is 0 Å². The zero-order valence-electron chi connectivity index (χ0n) is 20.9. The van der Waals surface area contributed by atoms with E-state index in [4.69, 9.17) is 0 Å². The van der Waals surface area contributed by atoms with Crippen molar-refractivity contribution in [1.82, 2.24) is 0 Å². The summed E-state index contributed by atoms with van der Waals surface area (Å²) in [5, 5.41) is 38.5. The first-order valence-corrected chi connectivity index (χ1v) is 14.6. The standard InChI is InChI=1S/C26H17N5O9S2/c32-26-20-4-2-1-3-19(20)25(42(38,39)40)14-24(26)30-29-23-12-11-22(18-10-9-17(13-21(18)23)41(35,36)37)28-27-15-5-7-16(8-6-15)31(33)34/h1-14,32H,(H,35,36,37)(H,38,39,40). The molecule has 16 heteroatoms. The quantitative estimate of drug-likeness (QED) is 0.0753. The molecule has 212 valence electrons. The average molecular weight is 608 g/mol. The highest BCUT2D eigenvalue weighted by Gasteiger charge is 2.20. The zero-order valence-corrected chi connectivity index (χ0v) is 22.6. The van der Waals surface area contributed by atoms with Gasteiger partial charge >= 0.3 is 0 Å². The highest BCUT2D eigenvalue weighted by Crippen LogP contribution is 2.41. The molecule has 0 heterocycles. The molecule has 3 N–H and O–H groups in total. The molecular weight excluding hydrogens is 590 g/mol. The lowest BCUT2D eigenvalue weighted by Crippen LogP contribution is -1.99. The van der Waals surface area contributed by atoms with Gasteiger partial charge in [-0.05, 0) is 42.5 Å². The Morgan fingerprint density at radius 3 is 1.83 bits per heavy atom. The van der Waals surface area contributed by atoms with Gasteiger partial charge in [-0.1, -0.05) is 30.3 Å². The maximum atomic E-state index is 12.0. The summed E-state index contributed by atoms with van der Waals surface area (Å²) < 4.78 is 67.0.